The molecule has 0 saturated carbocycles. The summed E-state index contributed by atoms with van der Waals surface area (Å²) in [4.78, 5) is 11.3. The molecule has 0 radical (unpaired) electrons. The first-order chi connectivity index (χ1) is 6.57. The van der Waals surface area contributed by atoms with Crippen LogP contribution < -0.4 is 4.74 Å². The van der Waals surface area contributed by atoms with Crippen LogP contribution in [0.5, 0.6) is 5.75 Å². The van der Waals surface area contributed by atoms with Crippen LogP contribution >= 0.6 is 11.6 Å². The molecule has 0 aliphatic carbocycles. The average molecular weight is 213 g/mol. The van der Waals surface area contributed by atoms with Crippen LogP contribution in [-0.4, -0.2) is 12.4 Å². The Hall–Kier alpha value is -1.02. The van der Waals surface area contributed by atoms with E-state index in [4.69, 9.17) is 16.3 Å². The van der Waals surface area contributed by atoms with Crippen molar-refractivity contribution in [1.82, 2.24) is 0 Å². The van der Waals surface area contributed by atoms with Crippen molar-refractivity contribution in [3.8, 4) is 5.75 Å². The highest BCUT2D eigenvalue weighted by Crippen LogP contribution is 2.30. The van der Waals surface area contributed by atoms with Crippen molar-refractivity contribution in [2.75, 3.05) is 6.61 Å². The number of hydrogen-bond acceptors (Lipinski definition) is 2. The van der Waals surface area contributed by atoms with E-state index in [2.05, 4.69) is 0 Å². The SMILES string of the molecule is CCOc1ccc(C)c(C(C)=O)c1Cl. The molecule has 3 heteroatoms. The molecule has 76 valence electrons. The van der Waals surface area contributed by atoms with Gasteiger partial charge in [-0.25, -0.2) is 0 Å². The Morgan fingerprint density at radius 1 is 1.50 bits per heavy atom. The lowest BCUT2D eigenvalue weighted by molar-refractivity contribution is 0.101. The third-order valence-corrected chi connectivity index (χ3v) is 2.34. The van der Waals surface area contributed by atoms with E-state index in [9.17, 15) is 4.79 Å². The fourth-order valence-electron chi connectivity index (χ4n) is 1.35. The minimum Gasteiger partial charge on any atom is -0.492 e. The Labute approximate surface area is 88.8 Å². The monoisotopic (exact) mass is 212 g/mol. The predicted octanol–water partition coefficient (Wildman–Crippen LogP) is 3.25. The van der Waals surface area contributed by atoms with Gasteiger partial charge in [0.1, 0.15) is 5.75 Å². The first kappa shape index (κ1) is 11.1. The van der Waals surface area contributed by atoms with Crippen LogP contribution in [0.25, 0.3) is 0 Å². The molecule has 0 aliphatic rings. The van der Waals surface area contributed by atoms with Gasteiger partial charge in [0.25, 0.3) is 0 Å². The number of Topliss-reactive ketones (excluding diaryl/α,β-unsaturated/α-hetero) is 1. The second-order valence-corrected chi connectivity index (χ2v) is 3.44. The molecular formula is C11H13ClO2. The second-order valence-electron chi connectivity index (χ2n) is 3.06. The van der Waals surface area contributed by atoms with Gasteiger partial charge in [-0.1, -0.05) is 17.7 Å². The van der Waals surface area contributed by atoms with E-state index in [0.29, 0.717) is 22.9 Å². The standard InChI is InChI=1S/C11H13ClO2/c1-4-14-9-6-5-7(2)10(8(3)13)11(9)12/h5-6H,4H2,1-3H3. The number of halogens is 1. The Morgan fingerprint density at radius 2 is 2.14 bits per heavy atom. The van der Waals surface area contributed by atoms with Crippen molar-refractivity contribution in [3.63, 3.8) is 0 Å². The van der Waals surface area contributed by atoms with Crippen molar-refractivity contribution < 1.29 is 9.53 Å². The van der Waals surface area contributed by atoms with Gasteiger partial charge in [-0.3, -0.25) is 4.79 Å². The fourth-order valence-corrected chi connectivity index (χ4v) is 1.75. The van der Waals surface area contributed by atoms with Crippen molar-refractivity contribution in [2.24, 2.45) is 0 Å². The maximum atomic E-state index is 11.3. The molecule has 1 rings (SSSR count). The number of benzene rings is 1. The van der Waals surface area contributed by atoms with E-state index >= 15 is 0 Å². The molecule has 0 N–H and O–H groups in total. The van der Waals surface area contributed by atoms with Crippen molar-refractivity contribution in [2.45, 2.75) is 20.8 Å². The Bertz CT molecular complexity index is 359. The van der Waals surface area contributed by atoms with Gasteiger partial charge in [0, 0.05) is 5.56 Å². The minimum atomic E-state index is -0.0333. The maximum absolute atomic E-state index is 11.3. The topological polar surface area (TPSA) is 26.3 Å². The van der Waals surface area contributed by atoms with Gasteiger partial charge in [-0.2, -0.15) is 0 Å². The third-order valence-electron chi connectivity index (χ3n) is 1.97. The summed E-state index contributed by atoms with van der Waals surface area (Å²) in [5, 5.41) is 0.416. The Morgan fingerprint density at radius 3 is 2.64 bits per heavy atom. The minimum absolute atomic E-state index is 0.0333. The number of carbonyl (C=O) groups excluding carboxylic acids is 1. The van der Waals surface area contributed by atoms with E-state index < -0.39 is 0 Å². The zero-order chi connectivity index (χ0) is 10.7. The van der Waals surface area contributed by atoms with Crippen LogP contribution in [0.1, 0.15) is 29.8 Å². The lowest BCUT2D eigenvalue weighted by Crippen LogP contribution is -2.01. The third kappa shape index (κ3) is 2.07. The highest BCUT2D eigenvalue weighted by Gasteiger charge is 2.13. The van der Waals surface area contributed by atoms with Crippen LogP contribution in [-0.2, 0) is 0 Å². The van der Waals surface area contributed by atoms with E-state index in [-0.39, 0.29) is 5.78 Å². The Balaban J connectivity index is 3.26. The summed E-state index contributed by atoms with van der Waals surface area (Å²) in [5.74, 6) is 0.541. The lowest BCUT2D eigenvalue weighted by atomic mass is 10.1. The van der Waals surface area contributed by atoms with Crippen LogP contribution in [0.3, 0.4) is 0 Å². The van der Waals surface area contributed by atoms with Gasteiger partial charge in [0.2, 0.25) is 0 Å². The summed E-state index contributed by atoms with van der Waals surface area (Å²) >= 11 is 6.04. The number of rotatable bonds is 3. The molecule has 0 aliphatic heterocycles. The number of ketones is 1. The molecule has 0 bridgehead atoms. The number of hydrogen-bond donors (Lipinski definition) is 0. The van der Waals surface area contributed by atoms with E-state index in [1.807, 2.05) is 19.9 Å². The van der Waals surface area contributed by atoms with E-state index in [1.54, 1.807) is 6.07 Å². The molecule has 0 unspecified atom stereocenters. The van der Waals surface area contributed by atoms with Crippen molar-refractivity contribution >= 4 is 17.4 Å². The van der Waals surface area contributed by atoms with Gasteiger partial charge in [0.15, 0.2) is 5.78 Å². The van der Waals surface area contributed by atoms with Gasteiger partial charge in [0.05, 0.1) is 11.6 Å². The number of carbonyl (C=O) groups is 1. The summed E-state index contributed by atoms with van der Waals surface area (Å²) in [6.07, 6.45) is 0. The summed E-state index contributed by atoms with van der Waals surface area (Å²) in [6.45, 7) is 5.78. The highest BCUT2D eigenvalue weighted by atomic mass is 35.5. The molecule has 0 spiro atoms. The van der Waals surface area contributed by atoms with Gasteiger partial charge < -0.3 is 4.74 Å². The molecule has 1 aromatic rings. The zero-order valence-corrected chi connectivity index (χ0v) is 9.31. The Kier molecular flexibility index (Phi) is 3.53. The first-order valence-corrected chi connectivity index (χ1v) is 4.88. The van der Waals surface area contributed by atoms with Crippen molar-refractivity contribution in [3.05, 3.63) is 28.3 Å². The van der Waals surface area contributed by atoms with Crippen molar-refractivity contribution in [1.29, 1.82) is 0 Å². The normalized spacial score (nSPS) is 10.0. The molecule has 0 saturated heterocycles. The van der Waals surface area contributed by atoms with Gasteiger partial charge >= 0.3 is 0 Å². The lowest BCUT2D eigenvalue weighted by Gasteiger charge is -2.10. The maximum Gasteiger partial charge on any atom is 0.161 e. The quantitative estimate of drug-likeness (QED) is 0.719. The van der Waals surface area contributed by atoms with Crippen LogP contribution in [0, 0.1) is 6.92 Å². The van der Waals surface area contributed by atoms with Gasteiger partial charge in [-0.15, -0.1) is 0 Å². The molecule has 1 aromatic carbocycles. The molecule has 0 aromatic heterocycles. The molecule has 0 heterocycles. The predicted molar refractivity (Wildman–Crippen MR) is 57.4 cm³/mol. The molecular weight excluding hydrogens is 200 g/mol. The summed E-state index contributed by atoms with van der Waals surface area (Å²) in [7, 11) is 0. The van der Waals surface area contributed by atoms with Crippen LogP contribution in [0.15, 0.2) is 12.1 Å². The largest absolute Gasteiger partial charge is 0.492 e. The average Bonchev–Trinajstić information content (AvgIpc) is 2.10. The van der Waals surface area contributed by atoms with Crippen LogP contribution in [0.2, 0.25) is 5.02 Å². The van der Waals surface area contributed by atoms with E-state index in [0.717, 1.165) is 5.56 Å². The van der Waals surface area contributed by atoms with E-state index in [1.165, 1.54) is 6.92 Å². The highest BCUT2D eigenvalue weighted by molar-refractivity contribution is 6.35. The number of ether oxygens (including phenoxy) is 1. The smallest absolute Gasteiger partial charge is 0.161 e. The zero-order valence-electron chi connectivity index (χ0n) is 8.56. The molecule has 0 atom stereocenters. The summed E-state index contributed by atoms with van der Waals surface area (Å²) < 4.78 is 5.30. The molecule has 14 heavy (non-hydrogen) atoms. The number of aryl methyl sites for hydroxylation is 1. The summed E-state index contributed by atoms with van der Waals surface area (Å²) in [5.41, 5.74) is 1.43. The molecule has 0 amide bonds. The fraction of sp³-hybridized carbons (Fsp3) is 0.364. The second kappa shape index (κ2) is 4.47. The first-order valence-electron chi connectivity index (χ1n) is 4.50. The van der Waals surface area contributed by atoms with Gasteiger partial charge in [-0.05, 0) is 32.4 Å². The molecule has 0 fully saturated rings. The summed E-state index contributed by atoms with van der Waals surface area (Å²) in [6, 6.07) is 3.63. The molecule has 2 nitrogen and oxygen atoms in total. The van der Waals surface area contributed by atoms with Crippen LogP contribution in [0.4, 0.5) is 0 Å².